The van der Waals surface area contributed by atoms with Gasteiger partial charge in [-0.3, -0.25) is 4.79 Å². The Morgan fingerprint density at radius 3 is 2.65 bits per heavy atom. The minimum atomic E-state index is -0.427. The molecule has 2 rings (SSSR count). The lowest BCUT2D eigenvalue weighted by atomic mass is 10.1. The van der Waals surface area contributed by atoms with Crippen molar-refractivity contribution in [3.63, 3.8) is 0 Å². The van der Waals surface area contributed by atoms with Crippen molar-refractivity contribution in [2.45, 2.75) is 0 Å². The van der Waals surface area contributed by atoms with Gasteiger partial charge in [-0.1, -0.05) is 11.6 Å². The Morgan fingerprint density at radius 1 is 1.20 bits per heavy atom. The van der Waals surface area contributed by atoms with Crippen molar-refractivity contribution in [2.24, 2.45) is 0 Å². The van der Waals surface area contributed by atoms with Crippen molar-refractivity contribution in [2.75, 3.05) is 17.7 Å². The van der Waals surface area contributed by atoms with E-state index < -0.39 is 5.82 Å². The van der Waals surface area contributed by atoms with Crippen molar-refractivity contribution < 1.29 is 9.18 Å². The molecule has 0 saturated heterocycles. The first-order valence-electron chi connectivity index (χ1n) is 5.75. The molecule has 0 heterocycles. The Kier molecular flexibility index (Phi) is 4.62. The fraction of sp³-hybridized carbons (Fsp3) is 0.0714. The fourth-order valence-electron chi connectivity index (χ4n) is 1.71. The molecule has 0 aliphatic rings. The highest BCUT2D eigenvalue weighted by Crippen LogP contribution is 2.26. The second kappa shape index (κ2) is 6.24. The Balaban J connectivity index is 2.32. The molecule has 0 unspecified atom stereocenters. The predicted octanol–water partition coefficient (Wildman–Crippen LogP) is 4.54. The van der Waals surface area contributed by atoms with Gasteiger partial charge in [0.15, 0.2) is 0 Å². The average Bonchev–Trinajstić information content (AvgIpc) is 2.42. The molecule has 20 heavy (non-hydrogen) atoms. The van der Waals surface area contributed by atoms with Crippen LogP contribution < -0.4 is 10.6 Å². The SMILES string of the molecule is CNc1ccc(Cl)cc1C(=O)Nc1cc(F)ccc1Br. The van der Waals surface area contributed by atoms with Crippen molar-refractivity contribution in [1.29, 1.82) is 0 Å². The Morgan fingerprint density at radius 2 is 1.95 bits per heavy atom. The van der Waals surface area contributed by atoms with Gasteiger partial charge < -0.3 is 10.6 Å². The highest BCUT2D eigenvalue weighted by Gasteiger charge is 2.13. The van der Waals surface area contributed by atoms with Crippen LogP contribution in [0.2, 0.25) is 5.02 Å². The molecule has 0 aliphatic heterocycles. The van der Waals surface area contributed by atoms with Gasteiger partial charge in [0.2, 0.25) is 0 Å². The van der Waals surface area contributed by atoms with Gasteiger partial charge in [0.25, 0.3) is 5.91 Å². The van der Waals surface area contributed by atoms with Crippen molar-refractivity contribution in [3.05, 3.63) is 57.3 Å². The smallest absolute Gasteiger partial charge is 0.257 e. The molecule has 0 saturated carbocycles. The number of anilines is 2. The number of hydrogen-bond donors (Lipinski definition) is 2. The lowest BCUT2D eigenvalue weighted by Crippen LogP contribution is -2.14. The zero-order chi connectivity index (χ0) is 14.7. The molecule has 2 aromatic rings. The maximum absolute atomic E-state index is 13.2. The molecule has 2 aromatic carbocycles. The molecule has 2 N–H and O–H groups in total. The molecule has 1 amide bonds. The summed E-state index contributed by atoms with van der Waals surface area (Å²) in [4.78, 5) is 12.3. The van der Waals surface area contributed by atoms with Gasteiger partial charge >= 0.3 is 0 Å². The van der Waals surface area contributed by atoms with Crippen LogP contribution in [0.4, 0.5) is 15.8 Å². The van der Waals surface area contributed by atoms with Crippen molar-refractivity contribution >= 4 is 44.8 Å². The highest BCUT2D eigenvalue weighted by molar-refractivity contribution is 9.10. The van der Waals surface area contributed by atoms with E-state index in [0.29, 0.717) is 26.4 Å². The summed E-state index contributed by atoms with van der Waals surface area (Å²) in [7, 11) is 1.71. The fourth-order valence-corrected chi connectivity index (χ4v) is 2.22. The van der Waals surface area contributed by atoms with E-state index in [-0.39, 0.29) is 5.91 Å². The van der Waals surface area contributed by atoms with Crippen LogP contribution in [0, 0.1) is 5.82 Å². The van der Waals surface area contributed by atoms with E-state index >= 15 is 0 Å². The summed E-state index contributed by atoms with van der Waals surface area (Å²) in [6, 6.07) is 9.02. The van der Waals surface area contributed by atoms with Gasteiger partial charge in [-0.15, -0.1) is 0 Å². The zero-order valence-corrected chi connectivity index (χ0v) is 12.8. The van der Waals surface area contributed by atoms with Crippen LogP contribution >= 0.6 is 27.5 Å². The molecule has 6 heteroatoms. The highest BCUT2D eigenvalue weighted by atomic mass is 79.9. The van der Waals surface area contributed by atoms with Crippen LogP contribution in [-0.4, -0.2) is 13.0 Å². The molecule has 0 atom stereocenters. The maximum atomic E-state index is 13.2. The summed E-state index contributed by atoms with van der Waals surface area (Å²) in [6.07, 6.45) is 0. The van der Waals surface area contributed by atoms with Crippen molar-refractivity contribution in [3.8, 4) is 0 Å². The van der Waals surface area contributed by atoms with Crippen LogP contribution in [0.25, 0.3) is 0 Å². The van der Waals surface area contributed by atoms with E-state index in [2.05, 4.69) is 26.6 Å². The minimum Gasteiger partial charge on any atom is -0.387 e. The van der Waals surface area contributed by atoms with Crippen LogP contribution in [0.15, 0.2) is 40.9 Å². The molecule has 0 bridgehead atoms. The van der Waals surface area contributed by atoms with Gasteiger partial charge in [0.05, 0.1) is 11.3 Å². The third kappa shape index (κ3) is 3.29. The van der Waals surface area contributed by atoms with Gasteiger partial charge in [0, 0.05) is 22.2 Å². The Labute approximate surface area is 129 Å². The van der Waals surface area contributed by atoms with Crippen LogP contribution in [0.3, 0.4) is 0 Å². The summed E-state index contributed by atoms with van der Waals surface area (Å²) >= 11 is 9.16. The summed E-state index contributed by atoms with van der Waals surface area (Å²) in [5.74, 6) is -0.799. The van der Waals surface area contributed by atoms with Crippen LogP contribution in [0.5, 0.6) is 0 Å². The Bertz CT molecular complexity index is 664. The molecular weight excluding hydrogens is 347 g/mol. The maximum Gasteiger partial charge on any atom is 0.257 e. The third-order valence-corrected chi connectivity index (χ3v) is 3.60. The number of hydrogen-bond acceptors (Lipinski definition) is 2. The average molecular weight is 358 g/mol. The predicted molar refractivity (Wildman–Crippen MR) is 83.1 cm³/mol. The molecule has 0 spiro atoms. The van der Waals surface area contributed by atoms with Crippen LogP contribution in [0.1, 0.15) is 10.4 Å². The van der Waals surface area contributed by atoms with Crippen molar-refractivity contribution in [1.82, 2.24) is 0 Å². The first-order chi connectivity index (χ1) is 9.51. The normalized spacial score (nSPS) is 10.2. The van der Waals surface area contributed by atoms with E-state index in [4.69, 9.17) is 11.6 Å². The van der Waals surface area contributed by atoms with Crippen LogP contribution in [-0.2, 0) is 0 Å². The summed E-state index contributed by atoms with van der Waals surface area (Å²) < 4.78 is 13.8. The standard InChI is InChI=1S/C14H11BrClFN2O/c1-18-12-5-2-8(16)6-10(12)14(20)19-13-7-9(17)3-4-11(13)15/h2-7,18H,1H3,(H,19,20). The monoisotopic (exact) mass is 356 g/mol. The number of carbonyl (C=O) groups excluding carboxylic acids is 1. The number of nitrogens with one attached hydrogen (secondary N) is 2. The molecule has 0 radical (unpaired) electrons. The number of amides is 1. The third-order valence-electron chi connectivity index (χ3n) is 2.67. The summed E-state index contributed by atoms with van der Waals surface area (Å²) in [5, 5.41) is 6.01. The van der Waals surface area contributed by atoms with Gasteiger partial charge in [0.1, 0.15) is 5.82 Å². The lowest BCUT2D eigenvalue weighted by Gasteiger charge is -2.11. The summed E-state index contributed by atoms with van der Waals surface area (Å²) in [5.41, 5.74) is 1.38. The number of rotatable bonds is 3. The molecule has 3 nitrogen and oxygen atoms in total. The second-order valence-electron chi connectivity index (χ2n) is 4.02. The number of halogens is 3. The molecule has 0 aromatic heterocycles. The number of benzene rings is 2. The Hall–Kier alpha value is -1.59. The van der Waals surface area contributed by atoms with Gasteiger partial charge in [-0.05, 0) is 52.3 Å². The van der Waals surface area contributed by atoms with E-state index in [0.717, 1.165) is 0 Å². The quantitative estimate of drug-likeness (QED) is 0.847. The lowest BCUT2D eigenvalue weighted by molar-refractivity contribution is 0.102. The molecule has 0 aliphatic carbocycles. The van der Waals surface area contributed by atoms with E-state index in [1.165, 1.54) is 18.2 Å². The summed E-state index contributed by atoms with van der Waals surface area (Å²) in [6.45, 7) is 0. The minimum absolute atomic E-state index is 0.358. The largest absolute Gasteiger partial charge is 0.387 e. The zero-order valence-electron chi connectivity index (χ0n) is 10.5. The second-order valence-corrected chi connectivity index (χ2v) is 5.31. The van der Waals surface area contributed by atoms with Gasteiger partial charge in [-0.25, -0.2) is 4.39 Å². The van der Waals surface area contributed by atoms with E-state index in [9.17, 15) is 9.18 Å². The van der Waals surface area contributed by atoms with E-state index in [1.54, 1.807) is 25.2 Å². The van der Waals surface area contributed by atoms with Gasteiger partial charge in [-0.2, -0.15) is 0 Å². The molecule has 104 valence electrons. The first kappa shape index (κ1) is 14.8. The number of carbonyl (C=O) groups is 1. The topological polar surface area (TPSA) is 41.1 Å². The van der Waals surface area contributed by atoms with E-state index in [1.807, 2.05) is 0 Å². The first-order valence-corrected chi connectivity index (χ1v) is 6.92. The molecule has 0 fully saturated rings. The molecular formula is C14H11BrClFN2O.